The first-order valence-electron chi connectivity index (χ1n) is 8.53. The molecule has 1 aromatic heterocycles. The van der Waals surface area contributed by atoms with Gasteiger partial charge in [-0.25, -0.2) is 4.98 Å². The van der Waals surface area contributed by atoms with Gasteiger partial charge in [-0.05, 0) is 37.3 Å². The fourth-order valence-electron chi connectivity index (χ4n) is 2.74. The number of ether oxygens (including phenoxy) is 1. The number of carbonyl (C=O) groups is 2. The Hall–Kier alpha value is -2.78. The lowest BCUT2D eigenvalue weighted by molar-refractivity contribution is -0.156. The van der Waals surface area contributed by atoms with Crippen LogP contribution in [0, 0.1) is 0 Å². The molecule has 30 heavy (non-hydrogen) atoms. The second-order valence-electron chi connectivity index (χ2n) is 6.29. The Labute approximate surface area is 178 Å². The lowest BCUT2D eigenvalue weighted by Gasteiger charge is -2.15. The molecule has 0 aliphatic heterocycles. The van der Waals surface area contributed by atoms with E-state index < -0.39 is 36.5 Å². The predicted octanol–water partition coefficient (Wildman–Crippen LogP) is 4.93. The molecule has 0 unspecified atom stereocenters. The van der Waals surface area contributed by atoms with Crippen LogP contribution in [0.15, 0.2) is 42.5 Å². The molecule has 11 heteroatoms. The highest BCUT2D eigenvalue weighted by atomic mass is 35.5. The maximum Gasteiger partial charge on any atom is 0.449 e. The quantitative estimate of drug-likeness (QED) is 0.548. The molecule has 0 aliphatic rings. The van der Waals surface area contributed by atoms with Crippen molar-refractivity contribution in [2.45, 2.75) is 25.7 Å². The summed E-state index contributed by atoms with van der Waals surface area (Å²) in [5, 5.41) is 3.04. The fourth-order valence-corrected chi connectivity index (χ4v) is 3.26. The third-order valence-electron chi connectivity index (χ3n) is 4.00. The van der Waals surface area contributed by atoms with Crippen LogP contribution in [0.25, 0.3) is 11.0 Å². The van der Waals surface area contributed by atoms with E-state index in [-0.39, 0.29) is 26.8 Å². The molecule has 2 aromatic carbocycles. The minimum atomic E-state index is -4.77. The summed E-state index contributed by atoms with van der Waals surface area (Å²) in [7, 11) is 0. The first-order valence-corrected chi connectivity index (χ1v) is 9.29. The van der Waals surface area contributed by atoms with Gasteiger partial charge in [0.25, 0.3) is 5.91 Å². The Bertz CT molecular complexity index is 1100. The van der Waals surface area contributed by atoms with E-state index in [1.54, 1.807) is 0 Å². The molecule has 0 fully saturated rings. The number of aromatic nitrogens is 2. The summed E-state index contributed by atoms with van der Waals surface area (Å²) in [6.07, 6.45) is -6.05. The summed E-state index contributed by atoms with van der Waals surface area (Å²) in [6.45, 7) is 0.520. The number of rotatable bonds is 5. The van der Waals surface area contributed by atoms with Gasteiger partial charge in [0.15, 0.2) is 6.10 Å². The van der Waals surface area contributed by atoms with Gasteiger partial charge >= 0.3 is 12.1 Å². The van der Waals surface area contributed by atoms with E-state index in [9.17, 15) is 22.8 Å². The SMILES string of the molecule is C[C@@H](OC(=O)Cn1c(C(F)(F)F)nc2ccccc21)C(=O)Nc1cc(Cl)cc(Cl)c1. The van der Waals surface area contributed by atoms with Crippen LogP contribution >= 0.6 is 23.2 Å². The number of carbonyl (C=O) groups excluding carboxylic acids is 2. The Kier molecular flexibility index (Phi) is 6.23. The number of fused-ring (bicyclic) bond motifs is 1. The molecule has 0 bridgehead atoms. The predicted molar refractivity (Wildman–Crippen MR) is 105 cm³/mol. The summed E-state index contributed by atoms with van der Waals surface area (Å²) in [4.78, 5) is 28.0. The Morgan fingerprint density at radius 1 is 1.17 bits per heavy atom. The number of hydrogen-bond acceptors (Lipinski definition) is 4. The van der Waals surface area contributed by atoms with Gasteiger partial charge in [-0.15, -0.1) is 0 Å². The molecule has 1 amide bonds. The van der Waals surface area contributed by atoms with E-state index in [0.717, 1.165) is 0 Å². The molecule has 1 N–H and O–H groups in total. The number of alkyl halides is 3. The summed E-state index contributed by atoms with van der Waals surface area (Å²) in [5.74, 6) is -2.96. The molecular formula is C19H14Cl2F3N3O3. The molecule has 0 spiro atoms. The summed E-state index contributed by atoms with van der Waals surface area (Å²) >= 11 is 11.7. The Balaban J connectivity index is 1.73. The van der Waals surface area contributed by atoms with Gasteiger partial charge < -0.3 is 14.6 Å². The van der Waals surface area contributed by atoms with Crippen molar-refractivity contribution in [2.24, 2.45) is 0 Å². The third kappa shape index (κ3) is 5.03. The lowest BCUT2D eigenvalue weighted by Crippen LogP contribution is -2.31. The summed E-state index contributed by atoms with van der Waals surface area (Å²) in [5.41, 5.74) is 0.481. The van der Waals surface area contributed by atoms with Crippen LogP contribution in [-0.4, -0.2) is 27.5 Å². The zero-order valence-corrected chi connectivity index (χ0v) is 16.8. The minimum absolute atomic E-state index is 0.0845. The number of benzene rings is 2. The standard InChI is InChI=1S/C19H14Cl2F3N3O3/c1-10(17(29)25-13-7-11(20)6-12(21)8-13)30-16(28)9-27-15-5-3-2-4-14(15)26-18(27)19(22,23)24/h2-8,10H,9H2,1H3,(H,25,29)/t10-/m1/s1. The molecule has 1 atom stereocenters. The van der Waals surface area contributed by atoms with Crippen molar-refractivity contribution in [3.63, 3.8) is 0 Å². The molecule has 6 nitrogen and oxygen atoms in total. The van der Waals surface area contributed by atoms with E-state index in [2.05, 4.69) is 10.3 Å². The van der Waals surface area contributed by atoms with E-state index >= 15 is 0 Å². The smallest absolute Gasteiger partial charge is 0.449 e. The van der Waals surface area contributed by atoms with Crippen LogP contribution < -0.4 is 5.32 Å². The summed E-state index contributed by atoms with van der Waals surface area (Å²) < 4.78 is 45.7. The number of hydrogen-bond donors (Lipinski definition) is 1. The zero-order valence-electron chi connectivity index (χ0n) is 15.3. The lowest BCUT2D eigenvalue weighted by atomic mass is 10.3. The van der Waals surface area contributed by atoms with Crippen LogP contribution in [0.4, 0.5) is 18.9 Å². The van der Waals surface area contributed by atoms with E-state index in [1.165, 1.54) is 49.4 Å². The molecule has 3 aromatic rings. The number of halogens is 5. The normalized spacial score (nSPS) is 12.6. The highest BCUT2D eigenvalue weighted by Gasteiger charge is 2.38. The van der Waals surface area contributed by atoms with Gasteiger partial charge in [0, 0.05) is 15.7 Å². The topological polar surface area (TPSA) is 73.2 Å². The summed E-state index contributed by atoms with van der Waals surface area (Å²) in [6, 6.07) is 10.2. The van der Waals surface area contributed by atoms with Crippen LogP contribution in [0.2, 0.25) is 10.0 Å². The first-order chi connectivity index (χ1) is 14.0. The highest BCUT2D eigenvalue weighted by molar-refractivity contribution is 6.35. The number of anilines is 1. The van der Waals surface area contributed by atoms with E-state index in [1.807, 2.05) is 0 Å². The molecular weight excluding hydrogens is 446 g/mol. The average Bonchev–Trinajstić information content (AvgIpc) is 2.99. The largest absolute Gasteiger partial charge is 0.451 e. The van der Waals surface area contributed by atoms with Gasteiger partial charge in [-0.1, -0.05) is 35.3 Å². The zero-order chi connectivity index (χ0) is 22.1. The van der Waals surface area contributed by atoms with Crippen LogP contribution in [0.3, 0.4) is 0 Å². The third-order valence-corrected chi connectivity index (χ3v) is 4.44. The molecule has 1 heterocycles. The van der Waals surface area contributed by atoms with Crippen molar-refractivity contribution in [1.82, 2.24) is 9.55 Å². The van der Waals surface area contributed by atoms with Crippen molar-refractivity contribution in [3.05, 3.63) is 58.3 Å². The highest BCUT2D eigenvalue weighted by Crippen LogP contribution is 2.31. The maximum atomic E-state index is 13.3. The minimum Gasteiger partial charge on any atom is -0.451 e. The molecule has 0 saturated heterocycles. The number of esters is 1. The van der Waals surface area contributed by atoms with Crippen LogP contribution in [0.1, 0.15) is 12.7 Å². The van der Waals surface area contributed by atoms with Crippen molar-refractivity contribution in [1.29, 1.82) is 0 Å². The van der Waals surface area contributed by atoms with Crippen molar-refractivity contribution >= 4 is 51.8 Å². The maximum absolute atomic E-state index is 13.3. The van der Waals surface area contributed by atoms with Gasteiger partial charge in [0.05, 0.1) is 11.0 Å². The van der Waals surface area contributed by atoms with Crippen molar-refractivity contribution in [3.8, 4) is 0 Å². The molecule has 3 rings (SSSR count). The number of nitrogens with one attached hydrogen (secondary N) is 1. The van der Waals surface area contributed by atoms with E-state index in [0.29, 0.717) is 4.57 Å². The molecule has 0 radical (unpaired) electrons. The number of nitrogens with zero attached hydrogens (tertiary/aromatic N) is 2. The van der Waals surface area contributed by atoms with Gasteiger partial charge in [-0.2, -0.15) is 13.2 Å². The first kappa shape index (κ1) is 21.9. The Morgan fingerprint density at radius 2 is 1.80 bits per heavy atom. The fraction of sp³-hybridized carbons (Fsp3) is 0.211. The second-order valence-corrected chi connectivity index (χ2v) is 7.16. The number of imidazole rings is 1. The van der Waals surface area contributed by atoms with Crippen molar-refractivity contribution in [2.75, 3.05) is 5.32 Å². The van der Waals surface area contributed by atoms with Crippen LogP contribution in [-0.2, 0) is 27.0 Å². The number of para-hydroxylation sites is 2. The van der Waals surface area contributed by atoms with Gasteiger partial charge in [0.2, 0.25) is 5.82 Å². The van der Waals surface area contributed by atoms with Crippen molar-refractivity contribution < 1.29 is 27.5 Å². The second kappa shape index (κ2) is 8.53. The van der Waals surface area contributed by atoms with Gasteiger partial charge in [0.1, 0.15) is 6.54 Å². The van der Waals surface area contributed by atoms with E-state index in [4.69, 9.17) is 27.9 Å². The molecule has 0 aliphatic carbocycles. The molecule has 0 saturated carbocycles. The number of amides is 1. The van der Waals surface area contributed by atoms with Crippen LogP contribution in [0.5, 0.6) is 0 Å². The molecule has 158 valence electrons. The van der Waals surface area contributed by atoms with Gasteiger partial charge in [-0.3, -0.25) is 9.59 Å². The average molecular weight is 460 g/mol. The Morgan fingerprint density at radius 3 is 2.43 bits per heavy atom. The monoisotopic (exact) mass is 459 g/mol.